The minimum absolute atomic E-state index is 0.234. The predicted molar refractivity (Wildman–Crippen MR) is 70.2 cm³/mol. The molecular formula is C11H19ClN2OS. The summed E-state index contributed by atoms with van der Waals surface area (Å²) in [6.45, 7) is 4.97. The van der Waals surface area contributed by atoms with Gasteiger partial charge in [-0.05, 0) is 26.1 Å². The second-order valence-electron chi connectivity index (χ2n) is 3.57. The highest BCUT2D eigenvalue weighted by atomic mass is 35.5. The molecule has 1 unspecified atom stereocenters. The van der Waals surface area contributed by atoms with E-state index in [9.17, 15) is 0 Å². The van der Waals surface area contributed by atoms with Crippen LogP contribution in [0.1, 0.15) is 17.8 Å². The van der Waals surface area contributed by atoms with Gasteiger partial charge in [0.15, 0.2) is 0 Å². The van der Waals surface area contributed by atoms with Gasteiger partial charge in [-0.3, -0.25) is 4.90 Å². The van der Waals surface area contributed by atoms with Crippen LogP contribution in [0, 0.1) is 0 Å². The molecular weight excluding hydrogens is 244 g/mol. The number of nitrogens with two attached hydrogens (primary N) is 1. The number of hydrogen-bond acceptors (Lipinski definition) is 4. The highest BCUT2D eigenvalue weighted by molar-refractivity contribution is 7.16. The molecule has 1 heterocycles. The summed E-state index contributed by atoms with van der Waals surface area (Å²) >= 11 is 7.52. The van der Waals surface area contributed by atoms with E-state index in [0.29, 0.717) is 6.54 Å². The fraction of sp³-hybridized carbons (Fsp3) is 0.636. The van der Waals surface area contributed by atoms with E-state index < -0.39 is 0 Å². The van der Waals surface area contributed by atoms with E-state index in [0.717, 1.165) is 24.1 Å². The number of likely N-dealkylation sites (N-methyl/N-ethyl adjacent to an activating group) is 1. The average Bonchev–Trinajstić information content (AvgIpc) is 2.66. The largest absolute Gasteiger partial charge is 0.380 e. The van der Waals surface area contributed by atoms with E-state index in [-0.39, 0.29) is 6.04 Å². The van der Waals surface area contributed by atoms with Crippen LogP contribution in [0.2, 0.25) is 4.34 Å². The minimum atomic E-state index is 0.234. The lowest BCUT2D eigenvalue weighted by Crippen LogP contribution is -2.32. The van der Waals surface area contributed by atoms with Gasteiger partial charge in [0.1, 0.15) is 0 Å². The number of ether oxygens (including phenoxy) is 1. The van der Waals surface area contributed by atoms with Crippen molar-refractivity contribution in [3.63, 3.8) is 0 Å². The van der Waals surface area contributed by atoms with Crippen molar-refractivity contribution in [2.75, 3.05) is 33.4 Å². The second-order valence-corrected chi connectivity index (χ2v) is 5.32. The van der Waals surface area contributed by atoms with Crippen LogP contribution in [-0.2, 0) is 4.74 Å². The Bertz CT molecular complexity index is 306. The number of thiophene rings is 1. The molecule has 0 aliphatic carbocycles. The van der Waals surface area contributed by atoms with Gasteiger partial charge in [-0.2, -0.15) is 0 Å². The van der Waals surface area contributed by atoms with Crippen molar-refractivity contribution in [1.82, 2.24) is 4.90 Å². The first-order valence-corrected chi connectivity index (χ1v) is 6.61. The fourth-order valence-corrected chi connectivity index (χ4v) is 2.77. The van der Waals surface area contributed by atoms with Crippen molar-refractivity contribution in [2.45, 2.75) is 13.0 Å². The lowest BCUT2D eigenvalue weighted by atomic mass is 10.2. The smallest absolute Gasteiger partial charge is 0.0931 e. The molecule has 0 aromatic carbocycles. The molecule has 0 spiro atoms. The molecule has 0 aliphatic heterocycles. The summed E-state index contributed by atoms with van der Waals surface area (Å²) < 4.78 is 6.15. The monoisotopic (exact) mass is 262 g/mol. The Morgan fingerprint density at radius 1 is 1.56 bits per heavy atom. The van der Waals surface area contributed by atoms with Crippen LogP contribution in [0.15, 0.2) is 12.1 Å². The first-order valence-electron chi connectivity index (χ1n) is 5.42. The summed E-state index contributed by atoms with van der Waals surface area (Å²) in [6.07, 6.45) is 0. The molecule has 0 bridgehead atoms. The summed E-state index contributed by atoms with van der Waals surface area (Å²) in [5.41, 5.74) is 5.80. The molecule has 16 heavy (non-hydrogen) atoms. The zero-order valence-corrected chi connectivity index (χ0v) is 11.4. The summed E-state index contributed by atoms with van der Waals surface area (Å²) in [5.74, 6) is 0. The van der Waals surface area contributed by atoms with E-state index >= 15 is 0 Å². The van der Waals surface area contributed by atoms with E-state index in [2.05, 4.69) is 11.9 Å². The molecule has 0 saturated carbocycles. The number of halogens is 1. The quantitative estimate of drug-likeness (QED) is 0.767. The third-order valence-corrected chi connectivity index (χ3v) is 3.80. The molecule has 0 radical (unpaired) electrons. The van der Waals surface area contributed by atoms with E-state index in [1.807, 2.05) is 19.1 Å². The lowest BCUT2D eigenvalue weighted by molar-refractivity contribution is 0.109. The van der Waals surface area contributed by atoms with E-state index in [4.69, 9.17) is 22.1 Å². The molecule has 1 rings (SSSR count). The van der Waals surface area contributed by atoms with Gasteiger partial charge in [0.25, 0.3) is 0 Å². The molecule has 0 fully saturated rings. The molecule has 0 saturated heterocycles. The van der Waals surface area contributed by atoms with Gasteiger partial charge in [-0.25, -0.2) is 0 Å². The molecule has 1 aromatic heterocycles. The normalized spacial score (nSPS) is 13.3. The first kappa shape index (κ1) is 13.9. The van der Waals surface area contributed by atoms with Crippen LogP contribution in [0.25, 0.3) is 0 Å². The number of rotatable bonds is 7. The van der Waals surface area contributed by atoms with Gasteiger partial charge in [0.2, 0.25) is 0 Å². The summed E-state index contributed by atoms with van der Waals surface area (Å²) in [7, 11) is 2.06. The van der Waals surface area contributed by atoms with Crippen LogP contribution in [0.4, 0.5) is 0 Å². The van der Waals surface area contributed by atoms with Crippen molar-refractivity contribution in [3.05, 3.63) is 21.3 Å². The van der Waals surface area contributed by atoms with Crippen LogP contribution < -0.4 is 5.73 Å². The van der Waals surface area contributed by atoms with Crippen molar-refractivity contribution in [1.29, 1.82) is 0 Å². The van der Waals surface area contributed by atoms with E-state index in [1.165, 1.54) is 4.88 Å². The Hall–Kier alpha value is -0.130. The molecule has 5 heteroatoms. The standard InChI is InChI=1S/C11H19ClN2OS/c1-3-15-7-6-14(2)9(8-13)10-4-5-11(12)16-10/h4-5,9H,3,6-8,13H2,1-2H3. The number of nitrogens with zero attached hydrogens (tertiary/aromatic N) is 1. The molecule has 1 atom stereocenters. The molecule has 1 aromatic rings. The van der Waals surface area contributed by atoms with Crippen molar-refractivity contribution >= 4 is 22.9 Å². The molecule has 92 valence electrons. The van der Waals surface area contributed by atoms with Gasteiger partial charge in [-0.1, -0.05) is 11.6 Å². The van der Waals surface area contributed by atoms with E-state index in [1.54, 1.807) is 11.3 Å². The summed E-state index contributed by atoms with van der Waals surface area (Å²) in [5, 5.41) is 0. The SMILES string of the molecule is CCOCCN(C)C(CN)c1ccc(Cl)s1. The molecule has 0 amide bonds. The summed E-state index contributed by atoms with van der Waals surface area (Å²) in [4.78, 5) is 3.42. The first-order chi connectivity index (χ1) is 7.69. The highest BCUT2D eigenvalue weighted by Gasteiger charge is 2.16. The van der Waals surface area contributed by atoms with Gasteiger partial charge in [0.05, 0.1) is 17.0 Å². The van der Waals surface area contributed by atoms with Crippen molar-refractivity contribution < 1.29 is 4.74 Å². The average molecular weight is 263 g/mol. The zero-order chi connectivity index (χ0) is 12.0. The van der Waals surface area contributed by atoms with Crippen molar-refractivity contribution in [2.24, 2.45) is 5.73 Å². The third-order valence-electron chi connectivity index (χ3n) is 2.47. The van der Waals surface area contributed by atoms with Crippen LogP contribution in [0.5, 0.6) is 0 Å². The predicted octanol–water partition coefficient (Wildman–Crippen LogP) is 2.37. The Balaban J connectivity index is 2.53. The zero-order valence-electron chi connectivity index (χ0n) is 9.78. The minimum Gasteiger partial charge on any atom is -0.380 e. The Morgan fingerprint density at radius 2 is 2.31 bits per heavy atom. The van der Waals surface area contributed by atoms with Crippen LogP contribution >= 0.6 is 22.9 Å². The van der Waals surface area contributed by atoms with Gasteiger partial charge >= 0.3 is 0 Å². The van der Waals surface area contributed by atoms with Crippen molar-refractivity contribution in [3.8, 4) is 0 Å². The number of hydrogen-bond donors (Lipinski definition) is 1. The third kappa shape index (κ3) is 4.03. The van der Waals surface area contributed by atoms with Crippen LogP contribution in [0.3, 0.4) is 0 Å². The molecule has 3 nitrogen and oxygen atoms in total. The maximum absolute atomic E-state index is 5.93. The molecule has 0 aliphatic rings. The molecule has 2 N–H and O–H groups in total. The maximum Gasteiger partial charge on any atom is 0.0931 e. The fourth-order valence-electron chi connectivity index (χ4n) is 1.53. The van der Waals surface area contributed by atoms with Crippen LogP contribution in [-0.4, -0.2) is 38.3 Å². The topological polar surface area (TPSA) is 38.5 Å². The maximum atomic E-state index is 5.93. The Morgan fingerprint density at radius 3 is 2.81 bits per heavy atom. The Kier molecular flexibility index (Phi) is 6.31. The Labute approximate surface area is 106 Å². The van der Waals surface area contributed by atoms with Gasteiger partial charge < -0.3 is 10.5 Å². The summed E-state index contributed by atoms with van der Waals surface area (Å²) in [6, 6.07) is 4.19. The highest BCUT2D eigenvalue weighted by Crippen LogP contribution is 2.29. The second kappa shape index (κ2) is 7.25. The van der Waals surface area contributed by atoms with Gasteiger partial charge in [0, 0.05) is 24.6 Å². The lowest BCUT2D eigenvalue weighted by Gasteiger charge is -2.25. The van der Waals surface area contributed by atoms with Gasteiger partial charge in [-0.15, -0.1) is 11.3 Å².